The summed E-state index contributed by atoms with van der Waals surface area (Å²) in [7, 11) is 0. The Hall–Kier alpha value is -5.41. The van der Waals surface area contributed by atoms with E-state index in [1.807, 2.05) is 18.5 Å². The molecule has 3 heterocycles. The van der Waals surface area contributed by atoms with Crippen LogP contribution in [-0.4, -0.2) is 15.0 Å². The Balaban J connectivity index is 1.42. The fraction of sp³-hybridized carbons (Fsp3) is 0. The van der Waals surface area contributed by atoms with E-state index in [4.69, 9.17) is 9.97 Å². The van der Waals surface area contributed by atoms with Gasteiger partial charge in [0.1, 0.15) is 0 Å². The van der Waals surface area contributed by atoms with E-state index < -0.39 is 0 Å². The maximum Gasteiger partial charge on any atom is 0.0986 e. The van der Waals surface area contributed by atoms with Gasteiger partial charge in [-0.25, -0.2) is 4.98 Å². The smallest absolute Gasteiger partial charge is 0.0986 e. The molecule has 0 bridgehead atoms. The lowest BCUT2D eigenvalue weighted by molar-refractivity contribution is 1.37. The van der Waals surface area contributed by atoms with Gasteiger partial charge in [-0.15, -0.1) is 0 Å². The summed E-state index contributed by atoms with van der Waals surface area (Å²) in [5, 5.41) is 13.0. The van der Waals surface area contributed by atoms with Crippen LogP contribution < -0.4 is 0 Å². The fourth-order valence-corrected chi connectivity index (χ4v) is 6.48. The Morgan fingerprint density at radius 3 is 1.70 bits per heavy atom. The number of nitrogens with zero attached hydrogens (tertiary/aromatic N) is 3. The zero-order valence-corrected chi connectivity index (χ0v) is 21.5. The van der Waals surface area contributed by atoms with Crippen molar-refractivity contribution >= 4 is 75.8 Å². The molecule has 40 heavy (non-hydrogen) atoms. The van der Waals surface area contributed by atoms with Gasteiger partial charge in [0, 0.05) is 39.5 Å². The van der Waals surface area contributed by atoms with Gasteiger partial charge in [-0.3, -0.25) is 9.97 Å². The number of rotatable bonds is 1. The van der Waals surface area contributed by atoms with Crippen molar-refractivity contribution in [3.05, 3.63) is 128 Å². The molecule has 0 unspecified atom stereocenters. The lowest BCUT2D eigenvalue weighted by Crippen LogP contribution is -1.94. The quantitative estimate of drug-likeness (QED) is 0.208. The summed E-state index contributed by atoms with van der Waals surface area (Å²) < 4.78 is 0. The fourth-order valence-electron chi connectivity index (χ4n) is 6.48. The molecule has 3 heteroatoms. The molecule has 0 amide bonds. The molecule has 3 nitrogen and oxygen atoms in total. The van der Waals surface area contributed by atoms with Crippen molar-refractivity contribution in [3.63, 3.8) is 0 Å². The SMILES string of the molecule is c1cnc2c(c1)ccc1c3nc(-c4ccc5c6ccccc6c6ccccc6c5c4)c4ccccc4c3cnc12. The standard InChI is InChI=1S/C37H21N3/c1-2-11-26-24(9-1)25-10-3-4-12-27(25)32-20-23(16-17-29(26)32)34-30-14-6-5-13-28(30)33-21-39-37-31(36(33)40-34)18-15-22-8-7-19-38-35(22)37/h1-21H. The summed E-state index contributed by atoms with van der Waals surface area (Å²) in [5.41, 5.74) is 4.83. The normalized spacial score (nSPS) is 12.0. The molecule has 184 valence electrons. The third-order valence-electron chi connectivity index (χ3n) is 8.29. The Bertz CT molecular complexity index is 2460. The summed E-state index contributed by atoms with van der Waals surface area (Å²) in [6.45, 7) is 0. The molecule has 0 saturated heterocycles. The van der Waals surface area contributed by atoms with Crippen LogP contribution in [0.5, 0.6) is 0 Å². The van der Waals surface area contributed by atoms with Gasteiger partial charge in [0.05, 0.1) is 22.2 Å². The second-order valence-electron chi connectivity index (χ2n) is 10.4. The Labute approximate surface area is 229 Å². The Morgan fingerprint density at radius 2 is 0.975 bits per heavy atom. The van der Waals surface area contributed by atoms with Gasteiger partial charge in [-0.1, -0.05) is 97.1 Å². The summed E-state index contributed by atoms with van der Waals surface area (Å²) in [6, 6.07) is 41.1. The summed E-state index contributed by atoms with van der Waals surface area (Å²) >= 11 is 0. The van der Waals surface area contributed by atoms with Gasteiger partial charge in [-0.2, -0.15) is 0 Å². The minimum absolute atomic E-state index is 0.885. The first-order valence-electron chi connectivity index (χ1n) is 13.5. The highest BCUT2D eigenvalue weighted by molar-refractivity contribution is 6.26. The van der Waals surface area contributed by atoms with Crippen LogP contribution in [0.4, 0.5) is 0 Å². The second-order valence-corrected chi connectivity index (χ2v) is 10.4. The van der Waals surface area contributed by atoms with E-state index in [9.17, 15) is 0 Å². The van der Waals surface area contributed by atoms with Crippen molar-refractivity contribution < 1.29 is 0 Å². The molecule has 0 radical (unpaired) electrons. The number of aromatic nitrogens is 3. The van der Waals surface area contributed by atoms with Crippen molar-refractivity contribution in [2.75, 3.05) is 0 Å². The van der Waals surface area contributed by atoms with Crippen LogP contribution in [0.3, 0.4) is 0 Å². The van der Waals surface area contributed by atoms with E-state index in [2.05, 4.69) is 114 Å². The number of fused-ring (bicyclic) bond motifs is 13. The molecular formula is C37H21N3. The molecule has 9 rings (SSSR count). The molecule has 0 N–H and O–H groups in total. The van der Waals surface area contributed by atoms with Gasteiger partial charge in [-0.05, 0) is 55.9 Å². The van der Waals surface area contributed by atoms with E-state index in [1.54, 1.807) is 0 Å². The van der Waals surface area contributed by atoms with Crippen LogP contribution in [0.15, 0.2) is 128 Å². The van der Waals surface area contributed by atoms with E-state index in [-0.39, 0.29) is 0 Å². The number of hydrogen-bond donors (Lipinski definition) is 0. The Kier molecular flexibility index (Phi) is 4.33. The van der Waals surface area contributed by atoms with Crippen molar-refractivity contribution in [1.29, 1.82) is 0 Å². The van der Waals surface area contributed by atoms with Crippen LogP contribution in [0, 0.1) is 0 Å². The first kappa shape index (κ1) is 21.5. The summed E-state index contributed by atoms with van der Waals surface area (Å²) in [5.74, 6) is 0. The molecule has 3 aromatic heterocycles. The highest BCUT2D eigenvalue weighted by Gasteiger charge is 2.16. The van der Waals surface area contributed by atoms with Gasteiger partial charge >= 0.3 is 0 Å². The van der Waals surface area contributed by atoms with Crippen LogP contribution in [-0.2, 0) is 0 Å². The first-order chi connectivity index (χ1) is 19.8. The van der Waals surface area contributed by atoms with Crippen LogP contribution >= 0.6 is 0 Å². The van der Waals surface area contributed by atoms with Crippen LogP contribution in [0.2, 0.25) is 0 Å². The highest BCUT2D eigenvalue weighted by atomic mass is 14.8. The largest absolute Gasteiger partial charge is 0.254 e. The predicted octanol–water partition coefficient (Wildman–Crippen LogP) is 9.61. The molecule has 0 spiro atoms. The second kappa shape index (κ2) is 8.05. The number of pyridine rings is 3. The van der Waals surface area contributed by atoms with Crippen molar-refractivity contribution in [3.8, 4) is 11.3 Å². The molecule has 0 aliphatic heterocycles. The van der Waals surface area contributed by atoms with Gasteiger partial charge in [0.25, 0.3) is 0 Å². The maximum atomic E-state index is 5.39. The van der Waals surface area contributed by atoms with E-state index >= 15 is 0 Å². The van der Waals surface area contributed by atoms with Gasteiger partial charge in [0.15, 0.2) is 0 Å². The molecule has 0 aliphatic rings. The topological polar surface area (TPSA) is 38.7 Å². The highest BCUT2D eigenvalue weighted by Crippen LogP contribution is 2.40. The predicted molar refractivity (Wildman–Crippen MR) is 168 cm³/mol. The number of hydrogen-bond acceptors (Lipinski definition) is 3. The summed E-state index contributed by atoms with van der Waals surface area (Å²) in [6.07, 6.45) is 3.79. The summed E-state index contributed by atoms with van der Waals surface area (Å²) in [4.78, 5) is 14.9. The molecule has 0 aliphatic carbocycles. The molecule has 0 fully saturated rings. The van der Waals surface area contributed by atoms with Gasteiger partial charge < -0.3 is 0 Å². The first-order valence-corrected chi connectivity index (χ1v) is 13.5. The van der Waals surface area contributed by atoms with E-state index in [1.165, 1.54) is 32.3 Å². The van der Waals surface area contributed by atoms with Gasteiger partial charge in [0.2, 0.25) is 0 Å². The molecular weight excluding hydrogens is 486 g/mol. The Morgan fingerprint density at radius 1 is 0.375 bits per heavy atom. The number of benzene rings is 6. The molecule has 6 aromatic carbocycles. The molecule has 0 atom stereocenters. The van der Waals surface area contributed by atoms with E-state index in [0.29, 0.717) is 0 Å². The third kappa shape index (κ3) is 2.92. The average molecular weight is 508 g/mol. The minimum Gasteiger partial charge on any atom is -0.254 e. The van der Waals surface area contributed by atoms with E-state index in [0.717, 1.165) is 54.7 Å². The monoisotopic (exact) mass is 507 g/mol. The van der Waals surface area contributed by atoms with Crippen molar-refractivity contribution in [1.82, 2.24) is 15.0 Å². The lowest BCUT2D eigenvalue weighted by atomic mass is 9.92. The van der Waals surface area contributed by atoms with Crippen LogP contribution in [0.25, 0.3) is 87.1 Å². The zero-order chi connectivity index (χ0) is 26.2. The minimum atomic E-state index is 0.885. The van der Waals surface area contributed by atoms with Crippen LogP contribution in [0.1, 0.15) is 0 Å². The van der Waals surface area contributed by atoms with Crippen molar-refractivity contribution in [2.24, 2.45) is 0 Å². The third-order valence-corrected chi connectivity index (χ3v) is 8.29. The van der Waals surface area contributed by atoms with Crippen molar-refractivity contribution in [2.45, 2.75) is 0 Å². The average Bonchev–Trinajstić information content (AvgIpc) is 3.04. The maximum absolute atomic E-state index is 5.39. The zero-order valence-electron chi connectivity index (χ0n) is 21.5. The lowest BCUT2D eigenvalue weighted by Gasteiger charge is -2.14. The molecule has 0 saturated carbocycles. The molecule has 9 aromatic rings.